The van der Waals surface area contributed by atoms with E-state index in [0.717, 1.165) is 35.5 Å². The quantitative estimate of drug-likeness (QED) is 0.248. The summed E-state index contributed by atoms with van der Waals surface area (Å²) in [6, 6.07) is 0. The highest BCUT2D eigenvalue weighted by Crippen LogP contribution is 2.65. The maximum absolute atomic E-state index is 4.72. The molecule has 3 fully saturated rings. The fourth-order valence-corrected chi connectivity index (χ4v) is 8.95. The van der Waals surface area contributed by atoms with Crippen molar-refractivity contribution in [1.29, 1.82) is 0 Å². The van der Waals surface area contributed by atoms with Gasteiger partial charge in [0.2, 0.25) is 0 Å². The third-order valence-corrected chi connectivity index (χ3v) is 10.1. The standard InChI is InChI=1S/C23H35I/c1-4-16-6-9-19-17(12-16)7-10-20-21-11-8-18(5-2)23(21,14-24)13-15(3)22(19)20/h7,16,18-22H,3-6,8-14H2,1-2H3/t16?,18?,19-,20-,21-,22+,23-/m0/s1. The van der Waals surface area contributed by atoms with Gasteiger partial charge in [-0.2, -0.15) is 0 Å². The van der Waals surface area contributed by atoms with E-state index in [4.69, 9.17) is 6.58 Å². The van der Waals surface area contributed by atoms with Crippen LogP contribution >= 0.6 is 22.6 Å². The van der Waals surface area contributed by atoms with Gasteiger partial charge in [0.1, 0.15) is 0 Å². The minimum atomic E-state index is 0.597. The van der Waals surface area contributed by atoms with Crippen LogP contribution in [-0.2, 0) is 0 Å². The first kappa shape index (κ1) is 17.6. The van der Waals surface area contributed by atoms with Crippen LogP contribution in [0.5, 0.6) is 0 Å². The molecule has 0 saturated heterocycles. The summed E-state index contributed by atoms with van der Waals surface area (Å²) in [6.45, 7) is 9.54. The Kier molecular flexibility index (Phi) is 4.95. The Balaban J connectivity index is 1.65. The van der Waals surface area contributed by atoms with Gasteiger partial charge in [0, 0.05) is 4.43 Å². The molecule has 0 heterocycles. The van der Waals surface area contributed by atoms with E-state index in [-0.39, 0.29) is 0 Å². The predicted octanol–water partition coefficient (Wildman–Crippen LogP) is 7.19. The zero-order valence-corrected chi connectivity index (χ0v) is 17.9. The highest BCUT2D eigenvalue weighted by Gasteiger charge is 2.58. The van der Waals surface area contributed by atoms with Crippen LogP contribution in [0.1, 0.15) is 71.6 Å². The molecule has 0 amide bonds. The minimum Gasteiger partial charge on any atom is -0.0995 e. The van der Waals surface area contributed by atoms with Crippen LogP contribution < -0.4 is 0 Å². The van der Waals surface area contributed by atoms with Crippen molar-refractivity contribution in [2.45, 2.75) is 71.6 Å². The Morgan fingerprint density at radius 3 is 2.71 bits per heavy atom. The summed E-state index contributed by atoms with van der Waals surface area (Å²) in [5.74, 6) is 5.52. The van der Waals surface area contributed by atoms with Crippen LogP contribution in [0, 0.1) is 40.9 Å². The van der Waals surface area contributed by atoms with E-state index < -0.39 is 0 Å². The van der Waals surface area contributed by atoms with Gasteiger partial charge >= 0.3 is 0 Å². The maximum Gasteiger partial charge on any atom is 0.00604 e. The molecule has 0 bridgehead atoms. The molecule has 0 spiro atoms. The molecule has 4 aliphatic carbocycles. The lowest BCUT2D eigenvalue weighted by Crippen LogP contribution is -2.49. The van der Waals surface area contributed by atoms with Crippen LogP contribution in [0.2, 0.25) is 0 Å². The molecule has 1 heteroatoms. The van der Waals surface area contributed by atoms with E-state index in [9.17, 15) is 0 Å². The molecular formula is C23H35I. The molecule has 24 heavy (non-hydrogen) atoms. The van der Waals surface area contributed by atoms with Gasteiger partial charge < -0.3 is 0 Å². The van der Waals surface area contributed by atoms with E-state index in [1.54, 1.807) is 5.57 Å². The van der Waals surface area contributed by atoms with Gasteiger partial charge in [0.05, 0.1) is 0 Å². The second kappa shape index (κ2) is 6.74. The number of rotatable bonds is 3. The summed E-state index contributed by atoms with van der Waals surface area (Å²) in [4.78, 5) is 0. The second-order valence-electron chi connectivity index (χ2n) is 9.36. The average Bonchev–Trinajstić information content (AvgIpc) is 2.99. The topological polar surface area (TPSA) is 0 Å². The van der Waals surface area contributed by atoms with Crippen LogP contribution in [0.4, 0.5) is 0 Å². The van der Waals surface area contributed by atoms with Gasteiger partial charge in [-0.05, 0) is 85.9 Å². The SMILES string of the molecule is C=C1C[C@]2(CI)C(CC)CC[C@H]2[C@@H]2CC=C3CC(CC)CC[C@@H]3[C@@H]12. The van der Waals surface area contributed by atoms with Crippen molar-refractivity contribution in [2.75, 3.05) is 4.43 Å². The third-order valence-electron chi connectivity index (χ3n) is 8.67. The smallest absolute Gasteiger partial charge is 0.00604 e. The number of allylic oxidation sites excluding steroid dienone is 3. The highest BCUT2D eigenvalue weighted by molar-refractivity contribution is 14.1. The van der Waals surface area contributed by atoms with Crippen LogP contribution in [0.25, 0.3) is 0 Å². The molecular weight excluding hydrogens is 403 g/mol. The number of hydrogen-bond acceptors (Lipinski definition) is 0. The molecule has 4 aliphatic rings. The lowest BCUT2D eigenvalue weighted by Gasteiger charge is -2.55. The summed E-state index contributed by atoms with van der Waals surface area (Å²) in [5, 5.41) is 0. The van der Waals surface area contributed by atoms with E-state index in [2.05, 4.69) is 42.5 Å². The van der Waals surface area contributed by atoms with E-state index in [1.165, 1.54) is 62.2 Å². The lowest BCUT2D eigenvalue weighted by atomic mass is 9.50. The molecule has 3 saturated carbocycles. The van der Waals surface area contributed by atoms with Crippen molar-refractivity contribution in [1.82, 2.24) is 0 Å². The normalized spacial score (nSPS) is 47.6. The van der Waals surface area contributed by atoms with Gasteiger partial charge in [0.15, 0.2) is 0 Å². The largest absolute Gasteiger partial charge is 0.0995 e. The Hall–Kier alpha value is 0.210. The van der Waals surface area contributed by atoms with E-state index in [0.29, 0.717) is 5.41 Å². The molecule has 0 N–H and O–H groups in total. The molecule has 0 aromatic carbocycles. The summed E-state index contributed by atoms with van der Waals surface area (Å²) in [6.07, 6.45) is 15.5. The highest BCUT2D eigenvalue weighted by atomic mass is 127. The first-order valence-electron chi connectivity index (χ1n) is 10.6. The Bertz CT molecular complexity index is 532. The van der Waals surface area contributed by atoms with Gasteiger partial charge in [-0.15, -0.1) is 0 Å². The van der Waals surface area contributed by atoms with Gasteiger partial charge in [-0.1, -0.05) is 73.1 Å². The number of alkyl halides is 1. The van der Waals surface area contributed by atoms with Gasteiger partial charge in [-0.3, -0.25) is 0 Å². The summed E-state index contributed by atoms with van der Waals surface area (Å²) >= 11 is 2.72. The van der Waals surface area contributed by atoms with Crippen LogP contribution in [-0.4, -0.2) is 4.43 Å². The van der Waals surface area contributed by atoms with Crippen molar-refractivity contribution in [3.05, 3.63) is 23.8 Å². The number of hydrogen-bond donors (Lipinski definition) is 0. The Morgan fingerprint density at radius 1 is 1.17 bits per heavy atom. The average molecular weight is 438 g/mol. The van der Waals surface area contributed by atoms with Crippen molar-refractivity contribution >= 4 is 22.6 Å². The van der Waals surface area contributed by atoms with E-state index in [1.807, 2.05) is 5.57 Å². The van der Waals surface area contributed by atoms with Crippen molar-refractivity contribution in [3.63, 3.8) is 0 Å². The molecule has 7 atom stereocenters. The number of fused-ring (bicyclic) bond motifs is 5. The second-order valence-corrected chi connectivity index (χ2v) is 10.1. The molecule has 0 aliphatic heterocycles. The fraction of sp³-hybridized carbons (Fsp3) is 0.826. The lowest BCUT2D eigenvalue weighted by molar-refractivity contribution is 0.0279. The molecule has 4 rings (SSSR count). The molecule has 134 valence electrons. The molecule has 0 aromatic rings. The Morgan fingerprint density at radius 2 is 2.00 bits per heavy atom. The van der Waals surface area contributed by atoms with Gasteiger partial charge in [0.25, 0.3) is 0 Å². The molecule has 0 aromatic heterocycles. The molecule has 0 nitrogen and oxygen atoms in total. The van der Waals surface area contributed by atoms with Gasteiger partial charge in [-0.25, -0.2) is 0 Å². The molecule has 0 radical (unpaired) electrons. The zero-order chi connectivity index (χ0) is 16.9. The van der Waals surface area contributed by atoms with Crippen molar-refractivity contribution in [3.8, 4) is 0 Å². The predicted molar refractivity (Wildman–Crippen MR) is 112 cm³/mol. The maximum atomic E-state index is 4.72. The number of halogens is 1. The van der Waals surface area contributed by atoms with E-state index >= 15 is 0 Å². The minimum absolute atomic E-state index is 0.597. The Labute approximate surface area is 163 Å². The van der Waals surface area contributed by atoms with Crippen molar-refractivity contribution < 1.29 is 0 Å². The monoisotopic (exact) mass is 438 g/mol. The summed E-state index contributed by atoms with van der Waals surface area (Å²) < 4.78 is 1.36. The first-order valence-corrected chi connectivity index (χ1v) is 12.1. The fourth-order valence-electron chi connectivity index (χ4n) is 7.50. The summed E-state index contributed by atoms with van der Waals surface area (Å²) in [5.41, 5.74) is 4.08. The first-order chi connectivity index (χ1) is 11.6. The van der Waals surface area contributed by atoms with Crippen LogP contribution in [0.3, 0.4) is 0 Å². The molecule has 2 unspecified atom stereocenters. The van der Waals surface area contributed by atoms with Crippen molar-refractivity contribution in [2.24, 2.45) is 40.9 Å². The summed E-state index contributed by atoms with van der Waals surface area (Å²) in [7, 11) is 0. The third kappa shape index (κ3) is 2.50. The zero-order valence-electron chi connectivity index (χ0n) is 15.7. The van der Waals surface area contributed by atoms with Crippen LogP contribution in [0.15, 0.2) is 23.8 Å².